The maximum Gasteiger partial charge on any atom is 0.338 e. The average molecular weight is 258 g/mol. The Bertz CT molecular complexity index is 382. The molecule has 0 spiro atoms. The minimum atomic E-state index is -0.500. The minimum Gasteiger partial charge on any atom is -0.460 e. The van der Waals surface area contributed by atoms with Crippen LogP contribution in [0.25, 0.3) is 0 Å². The lowest BCUT2D eigenvalue weighted by atomic mass is 10.2. The largest absolute Gasteiger partial charge is 0.460 e. The summed E-state index contributed by atoms with van der Waals surface area (Å²) in [5.74, 6) is -0.962. The van der Waals surface area contributed by atoms with Crippen molar-refractivity contribution in [3.63, 3.8) is 0 Å². The van der Waals surface area contributed by atoms with Gasteiger partial charge < -0.3 is 9.47 Å². The number of ether oxygens (including phenoxy) is 2. The van der Waals surface area contributed by atoms with E-state index in [1.807, 2.05) is 6.92 Å². The zero-order valence-electron chi connectivity index (χ0n) is 9.61. The molecule has 0 saturated heterocycles. The first-order valence-corrected chi connectivity index (χ1v) is 5.83. The number of rotatable bonds is 6. The second-order valence-corrected chi connectivity index (χ2v) is 3.90. The van der Waals surface area contributed by atoms with E-state index < -0.39 is 11.8 Å². The van der Waals surface area contributed by atoms with E-state index in [1.165, 1.54) is 18.2 Å². The van der Waals surface area contributed by atoms with E-state index in [0.29, 0.717) is 13.2 Å². The summed E-state index contributed by atoms with van der Waals surface area (Å²) < 4.78 is 23.0. The van der Waals surface area contributed by atoms with Crippen molar-refractivity contribution in [2.75, 3.05) is 19.8 Å². The van der Waals surface area contributed by atoms with Crippen LogP contribution < -0.4 is 0 Å². The number of esters is 1. The lowest BCUT2D eigenvalue weighted by Crippen LogP contribution is -2.11. The number of hydrogen-bond donors (Lipinski definition) is 1. The maximum absolute atomic E-state index is 12.9. The van der Waals surface area contributed by atoms with Gasteiger partial charge in [-0.2, -0.15) is 0 Å². The summed E-state index contributed by atoms with van der Waals surface area (Å²) in [5.41, 5.74) is 0.284. The smallest absolute Gasteiger partial charge is 0.338 e. The van der Waals surface area contributed by atoms with Crippen LogP contribution in [0.3, 0.4) is 0 Å². The third-order valence-electron chi connectivity index (χ3n) is 1.99. The molecule has 0 saturated carbocycles. The van der Waals surface area contributed by atoms with Gasteiger partial charge in [0.25, 0.3) is 0 Å². The minimum absolute atomic E-state index is 0.127. The topological polar surface area (TPSA) is 35.5 Å². The van der Waals surface area contributed by atoms with Gasteiger partial charge >= 0.3 is 5.97 Å². The highest BCUT2D eigenvalue weighted by molar-refractivity contribution is 7.80. The van der Waals surface area contributed by atoms with Gasteiger partial charge in [0.1, 0.15) is 12.4 Å². The van der Waals surface area contributed by atoms with E-state index in [-0.39, 0.29) is 17.1 Å². The summed E-state index contributed by atoms with van der Waals surface area (Å²) in [5, 5.41) is 0. The fourth-order valence-electron chi connectivity index (χ4n) is 1.16. The van der Waals surface area contributed by atoms with Gasteiger partial charge in [-0.1, -0.05) is 6.92 Å². The molecule has 94 valence electrons. The molecule has 0 aliphatic carbocycles. The van der Waals surface area contributed by atoms with Crippen molar-refractivity contribution in [1.29, 1.82) is 0 Å². The SMILES string of the molecule is CCCOCCOC(=O)c1ccc(F)c(S)c1. The van der Waals surface area contributed by atoms with Crippen molar-refractivity contribution in [3.05, 3.63) is 29.6 Å². The lowest BCUT2D eigenvalue weighted by Gasteiger charge is -2.06. The standard InChI is InChI=1S/C12H15FO3S/c1-2-5-15-6-7-16-12(14)9-3-4-10(13)11(17)8-9/h3-4,8,17H,2,5-7H2,1H3. The van der Waals surface area contributed by atoms with Crippen LogP contribution >= 0.6 is 12.6 Å². The lowest BCUT2D eigenvalue weighted by molar-refractivity contribution is 0.0318. The summed E-state index contributed by atoms with van der Waals surface area (Å²) in [6.07, 6.45) is 0.926. The zero-order valence-corrected chi connectivity index (χ0v) is 10.5. The van der Waals surface area contributed by atoms with Crippen molar-refractivity contribution in [2.24, 2.45) is 0 Å². The van der Waals surface area contributed by atoms with Crippen LogP contribution in [0.5, 0.6) is 0 Å². The molecule has 0 aliphatic rings. The average Bonchev–Trinajstić information content (AvgIpc) is 2.32. The van der Waals surface area contributed by atoms with Gasteiger partial charge in [-0.15, -0.1) is 12.6 Å². The summed E-state index contributed by atoms with van der Waals surface area (Å²) >= 11 is 3.89. The summed E-state index contributed by atoms with van der Waals surface area (Å²) in [4.78, 5) is 11.6. The predicted octanol–water partition coefficient (Wildman–Crippen LogP) is 2.70. The van der Waals surface area contributed by atoms with Crippen LogP contribution in [0.4, 0.5) is 4.39 Å². The second-order valence-electron chi connectivity index (χ2n) is 3.41. The van der Waals surface area contributed by atoms with Crippen LogP contribution in [0, 0.1) is 5.82 Å². The molecule has 1 aromatic carbocycles. The number of carbonyl (C=O) groups is 1. The molecule has 0 unspecified atom stereocenters. The summed E-state index contributed by atoms with van der Waals surface area (Å²) in [7, 11) is 0. The Morgan fingerprint density at radius 1 is 1.35 bits per heavy atom. The molecule has 0 atom stereocenters. The Morgan fingerprint density at radius 3 is 2.76 bits per heavy atom. The number of carbonyl (C=O) groups excluding carboxylic acids is 1. The third kappa shape index (κ3) is 4.75. The molecule has 0 amide bonds. The molecule has 0 heterocycles. The predicted molar refractivity (Wildman–Crippen MR) is 65.0 cm³/mol. The van der Waals surface area contributed by atoms with E-state index in [4.69, 9.17) is 9.47 Å². The monoisotopic (exact) mass is 258 g/mol. The number of halogens is 1. The first kappa shape index (κ1) is 14.0. The fourth-order valence-corrected chi connectivity index (χ4v) is 1.38. The number of benzene rings is 1. The Labute approximate surface area is 105 Å². The molecular formula is C12H15FO3S. The molecule has 1 rings (SSSR count). The maximum atomic E-state index is 12.9. The van der Waals surface area contributed by atoms with Gasteiger partial charge in [0.15, 0.2) is 0 Å². The van der Waals surface area contributed by atoms with E-state index in [2.05, 4.69) is 12.6 Å². The van der Waals surface area contributed by atoms with Gasteiger partial charge in [0.2, 0.25) is 0 Å². The highest BCUT2D eigenvalue weighted by atomic mass is 32.1. The van der Waals surface area contributed by atoms with Crippen LogP contribution in [0.15, 0.2) is 23.1 Å². The highest BCUT2D eigenvalue weighted by Crippen LogP contribution is 2.14. The molecular weight excluding hydrogens is 243 g/mol. The number of hydrogen-bond acceptors (Lipinski definition) is 4. The second kappa shape index (κ2) is 7.29. The van der Waals surface area contributed by atoms with E-state index in [1.54, 1.807) is 0 Å². The van der Waals surface area contributed by atoms with E-state index in [9.17, 15) is 9.18 Å². The Kier molecular flexibility index (Phi) is 6.00. The van der Waals surface area contributed by atoms with Crippen LogP contribution in [-0.2, 0) is 9.47 Å². The molecule has 17 heavy (non-hydrogen) atoms. The normalized spacial score (nSPS) is 10.3. The van der Waals surface area contributed by atoms with Crippen LogP contribution in [0.1, 0.15) is 23.7 Å². The Morgan fingerprint density at radius 2 is 2.12 bits per heavy atom. The summed E-state index contributed by atoms with van der Waals surface area (Å²) in [6.45, 7) is 3.21. The van der Waals surface area contributed by atoms with Crippen molar-refractivity contribution in [2.45, 2.75) is 18.2 Å². The van der Waals surface area contributed by atoms with Gasteiger partial charge in [-0.05, 0) is 24.6 Å². The molecule has 0 aliphatic heterocycles. The quantitative estimate of drug-likeness (QED) is 0.484. The molecule has 3 nitrogen and oxygen atoms in total. The van der Waals surface area contributed by atoms with Crippen molar-refractivity contribution >= 4 is 18.6 Å². The van der Waals surface area contributed by atoms with Crippen LogP contribution in [-0.4, -0.2) is 25.8 Å². The molecule has 0 fully saturated rings. The first-order valence-electron chi connectivity index (χ1n) is 5.38. The van der Waals surface area contributed by atoms with Crippen molar-refractivity contribution in [1.82, 2.24) is 0 Å². The molecule has 5 heteroatoms. The van der Waals surface area contributed by atoms with Gasteiger partial charge in [-0.25, -0.2) is 9.18 Å². The van der Waals surface area contributed by atoms with Gasteiger partial charge in [-0.3, -0.25) is 0 Å². The Hall–Kier alpha value is -1.07. The first-order chi connectivity index (χ1) is 8.15. The van der Waals surface area contributed by atoms with Crippen molar-refractivity contribution < 1.29 is 18.7 Å². The fraction of sp³-hybridized carbons (Fsp3) is 0.417. The molecule has 0 radical (unpaired) electrons. The van der Waals surface area contributed by atoms with E-state index in [0.717, 1.165) is 6.42 Å². The van der Waals surface area contributed by atoms with Crippen LogP contribution in [0.2, 0.25) is 0 Å². The Balaban J connectivity index is 2.39. The third-order valence-corrected chi connectivity index (χ3v) is 2.33. The molecule has 1 aromatic rings. The zero-order chi connectivity index (χ0) is 12.7. The van der Waals surface area contributed by atoms with Crippen molar-refractivity contribution in [3.8, 4) is 0 Å². The molecule has 0 aromatic heterocycles. The molecule has 0 bridgehead atoms. The van der Waals surface area contributed by atoms with Gasteiger partial charge in [0.05, 0.1) is 12.2 Å². The number of thiol groups is 1. The van der Waals surface area contributed by atoms with E-state index >= 15 is 0 Å². The summed E-state index contributed by atoms with van der Waals surface area (Å²) in [6, 6.07) is 3.89. The highest BCUT2D eigenvalue weighted by Gasteiger charge is 2.09. The molecule has 0 N–H and O–H groups in total. The van der Waals surface area contributed by atoms with Gasteiger partial charge in [0, 0.05) is 11.5 Å².